The van der Waals surface area contributed by atoms with Gasteiger partial charge < -0.3 is 5.73 Å². The molecule has 0 fully saturated rings. The molecule has 0 aliphatic heterocycles. The van der Waals surface area contributed by atoms with Gasteiger partial charge in [0.2, 0.25) is 0 Å². The smallest absolute Gasteiger partial charge is 0.121 e. The van der Waals surface area contributed by atoms with E-state index in [2.05, 4.69) is 31.2 Å². The van der Waals surface area contributed by atoms with E-state index in [0.717, 1.165) is 26.8 Å². The van der Waals surface area contributed by atoms with Gasteiger partial charge in [-0.15, -0.1) is 0 Å². The van der Waals surface area contributed by atoms with Crippen molar-refractivity contribution >= 4 is 32.7 Å². The van der Waals surface area contributed by atoms with E-state index < -0.39 is 0 Å². The van der Waals surface area contributed by atoms with E-state index >= 15 is 0 Å². The van der Waals surface area contributed by atoms with Crippen LogP contribution in [0.5, 0.6) is 0 Å². The SMILES string of the molecule is Cn1nc(-c2cccc3c(Br)[nH]nc23)cc1N. The third-order valence-corrected chi connectivity index (χ3v) is 3.33. The molecule has 17 heavy (non-hydrogen) atoms. The molecule has 5 nitrogen and oxygen atoms in total. The molecule has 6 heteroatoms. The molecule has 0 saturated carbocycles. The van der Waals surface area contributed by atoms with Crippen LogP contribution < -0.4 is 5.73 Å². The fourth-order valence-electron chi connectivity index (χ4n) is 1.83. The Hall–Kier alpha value is -1.82. The molecule has 0 aliphatic rings. The van der Waals surface area contributed by atoms with E-state index in [9.17, 15) is 0 Å². The first-order chi connectivity index (χ1) is 8.16. The summed E-state index contributed by atoms with van der Waals surface area (Å²) in [6.45, 7) is 0. The Morgan fingerprint density at radius 1 is 1.41 bits per heavy atom. The van der Waals surface area contributed by atoms with Crippen molar-refractivity contribution in [1.29, 1.82) is 0 Å². The standard InChI is InChI=1S/C11H10BrN5/c1-17-9(13)5-8(16-17)6-3-2-4-7-10(6)14-15-11(7)12/h2-5H,13H2,1H3,(H,14,15). The average Bonchev–Trinajstić information content (AvgIpc) is 2.84. The van der Waals surface area contributed by atoms with Gasteiger partial charge in [-0.1, -0.05) is 12.1 Å². The number of hydrogen-bond donors (Lipinski definition) is 2. The van der Waals surface area contributed by atoms with Gasteiger partial charge in [-0.2, -0.15) is 10.2 Å². The second kappa shape index (κ2) is 3.59. The van der Waals surface area contributed by atoms with Gasteiger partial charge in [0.15, 0.2) is 0 Å². The normalized spacial score (nSPS) is 11.2. The number of nitrogen functional groups attached to an aromatic ring is 1. The van der Waals surface area contributed by atoms with Crippen molar-refractivity contribution in [1.82, 2.24) is 20.0 Å². The molecule has 3 rings (SSSR count). The summed E-state index contributed by atoms with van der Waals surface area (Å²) < 4.78 is 2.52. The Morgan fingerprint density at radius 2 is 2.24 bits per heavy atom. The van der Waals surface area contributed by atoms with Crippen molar-refractivity contribution in [3.8, 4) is 11.3 Å². The van der Waals surface area contributed by atoms with Gasteiger partial charge in [-0.05, 0) is 22.0 Å². The third kappa shape index (κ3) is 1.52. The van der Waals surface area contributed by atoms with Crippen LogP contribution >= 0.6 is 15.9 Å². The maximum atomic E-state index is 5.79. The molecule has 3 aromatic rings. The highest BCUT2D eigenvalue weighted by molar-refractivity contribution is 9.10. The lowest BCUT2D eigenvalue weighted by Crippen LogP contribution is -1.96. The molecule has 3 N–H and O–H groups in total. The fourth-order valence-corrected chi connectivity index (χ4v) is 2.23. The molecular weight excluding hydrogens is 282 g/mol. The summed E-state index contributed by atoms with van der Waals surface area (Å²) in [5.74, 6) is 0.631. The molecule has 86 valence electrons. The largest absolute Gasteiger partial charge is 0.384 e. The minimum absolute atomic E-state index is 0.631. The van der Waals surface area contributed by atoms with E-state index in [1.807, 2.05) is 31.3 Å². The number of aromatic nitrogens is 4. The number of para-hydroxylation sites is 1. The fraction of sp³-hybridized carbons (Fsp3) is 0.0909. The Labute approximate surface area is 106 Å². The molecule has 0 radical (unpaired) electrons. The molecule has 0 spiro atoms. The number of H-pyrrole nitrogens is 1. The minimum atomic E-state index is 0.631. The zero-order chi connectivity index (χ0) is 12.0. The van der Waals surface area contributed by atoms with Crippen molar-refractivity contribution < 1.29 is 0 Å². The molecule has 2 heterocycles. The summed E-state index contributed by atoms with van der Waals surface area (Å²) in [5, 5.41) is 12.6. The number of benzene rings is 1. The highest BCUT2D eigenvalue weighted by Crippen LogP contribution is 2.30. The predicted molar refractivity (Wildman–Crippen MR) is 70.4 cm³/mol. The molecule has 2 aromatic heterocycles. The Balaban J connectivity index is 2.30. The summed E-state index contributed by atoms with van der Waals surface area (Å²) in [5.41, 5.74) is 8.47. The van der Waals surface area contributed by atoms with Crippen molar-refractivity contribution in [2.75, 3.05) is 5.73 Å². The van der Waals surface area contributed by atoms with Crippen LogP contribution in [-0.4, -0.2) is 20.0 Å². The van der Waals surface area contributed by atoms with Gasteiger partial charge in [0.25, 0.3) is 0 Å². The molecule has 1 aromatic carbocycles. The Morgan fingerprint density at radius 3 is 2.94 bits per heavy atom. The number of aryl methyl sites for hydroxylation is 1. The summed E-state index contributed by atoms with van der Waals surface area (Å²) in [4.78, 5) is 0. The Bertz CT molecular complexity index is 678. The molecule has 0 aliphatic carbocycles. The summed E-state index contributed by atoms with van der Waals surface area (Å²) in [6, 6.07) is 7.80. The van der Waals surface area contributed by atoms with Gasteiger partial charge in [-0.25, -0.2) is 0 Å². The van der Waals surface area contributed by atoms with Gasteiger partial charge in [0.05, 0.1) is 5.69 Å². The number of nitrogens with one attached hydrogen (secondary N) is 1. The number of nitrogens with zero attached hydrogens (tertiary/aromatic N) is 3. The summed E-state index contributed by atoms with van der Waals surface area (Å²) in [7, 11) is 1.82. The van der Waals surface area contributed by atoms with Crippen molar-refractivity contribution in [3.05, 3.63) is 28.9 Å². The maximum absolute atomic E-state index is 5.79. The number of rotatable bonds is 1. The minimum Gasteiger partial charge on any atom is -0.384 e. The van der Waals surface area contributed by atoms with E-state index in [0.29, 0.717) is 5.82 Å². The van der Waals surface area contributed by atoms with Gasteiger partial charge in [-0.3, -0.25) is 9.78 Å². The molecule has 0 amide bonds. The van der Waals surface area contributed by atoms with Crippen LogP contribution in [0.1, 0.15) is 0 Å². The van der Waals surface area contributed by atoms with E-state index in [1.54, 1.807) is 4.68 Å². The van der Waals surface area contributed by atoms with Crippen LogP contribution in [0.2, 0.25) is 0 Å². The predicted octanol–water partition coefficient (Wildman–Crippen LogP) is 2.31. The second-order valence-corrected chi connectivity index (χ2v) is 4.61. The third-order valence-electron chi connectivity index (χ3n) is 2.73. The van der Waals surface area contributed by atoms with Gasteiger partial charge in [0, 0.05) is 24.1 Å². The maximum Gasteiger partial charge on any atom is 0.121 e. The zero-order valence-corrected chi connectivity index (χ0v) is 10.7. The van der Waals surface area contributed by atoms with Crippen LogP contribution in [0.15, 0.2) is 28.9 Å². The number of hydrogen-bond acceptors (Lipinski definition) is 3. The lowest BCUT2D eigenvalue weighted by Gasteiger charge is -1.97. The molecular formula is C11H10BrN5. The highest BCUT2D eigenvalue weighted by atomic mass is 79.9. The average molecular weight is 292 g/mol. The monoisotopic (exact) mass is 291 g/mol. The zero-order valence-electron chi connectivity index (χ0n) is 9.11. The van der Waals surface area contributed by atoms with Gasteiger partial charge in [0.1, 0.15) is 15.9 Å². The first-order valence-corrected chi connectivity index (χ1v) is 5.88. The lowest BCUT2D eigenvalue weighted by molar-refractivity contribution is 0.782. The molecule has 0 unspecified atom stereocenters. The highest BCUT2D eigenvalue weighted by Gasteiger charge is 2.12. The van der Waals surface area contributed by atoms with E-state index in [4.69, 9.17) is 5.73 Å². The quantitative estimate of drug-likeness (QED) is 0.723. The van der Waals surface area contributed by atoms with Crippen LogP contribution in [0.4, 0.5) is 5.82 Å². The summed E-state index contributed by atoms with van der Waals surface area (Å²) in [6.07, 6.45) is 0. The number of fused-ring (bicyclic) bond motifs is 1. The number of halogens is 1. The van der Waals surface area contributed by atoms with Crippen molar-refractivity contribution in [2.45, 2.75) is 0 Å². The van der Waals surface area contributed by atoms with Gasteiger partial charge >= 0.3 is 0 Å². The van der Waals surface area contributed by atoms with Crippen molar-refractivity contribution in [2.24, 2.45) is 7.05 Å². The van der Waals surface area contributed by atoms with Crippen LogP contribution in [-0.2, 0) is 7.05 Å². The van der Waals surface area contributed by atoms with Crippen molar-refractivity contribution in [3.63, 3.8) is 0 Å². The van der Waals surface area contributed by atoms with Crippen LogP contribution in [0, 0.1) is 0 Å². The first kappa shape index (κ1) is 10.3. The number of nitrogens with two attached hydrogens (primary N) is 1. The van der Waals surface area contributed by atoms with Crippen LogP contribution in [0.3, 0.4) is 0 Å². The van der Waals surface area contributed by atoms with Crippen LogP contribution in [0.25, 0.3) is 22.2 Å². The lowest BCUT2D eigenvalue weighted by atomic mass is 10.1. The van der Waals surface area contributed by atoms with E-state index in [1.165, 1.54) is 0 Å². The second-order valence-electron chi connectivity index (χ2n) is 3.82. The molecule has 0 atom stereocenters. The molecule has 0 bridgehead atoms. The number of aromatic amines is 1. The summed E-state index contributed by atoms with van der Waals surface area (Å²) >= 11 is 3.42. The Kier molecular flexibility index (Phi) is 2.19. The topological polar surface area (TPSA) is 72.5 Å². The van der Waals surface area contributed by atoms with E-state index in [-0.39, 0.29) is 0 Å². The first-order valence-electron chi connectivity index (χ1n) is 5.09. The number of anilines is 1. The molecule has 0 saturated heterocycles.